The van der Waals surface area contributed by atoms with E-state index in [9.17, 15) is 0 Å². The molecule has 0 radical (unpaired) electrons. The summed E-state index contributed by atoms with van der Waals surface area (Å²) in [6.45, 7) is 9.34. The van der Waals surface area contributed by atoms with Gasteiger partial charge in [-0.2, -0.15) is 0 Å². The number of hydrogen-bond acceptors (Lipinski definition) is 0. The maximum Gasteiger partial charge on any atom is 0.0205 e. The minimum atomic E-state index is 0.300. The van der Waals surface area contributed by atoms with Crippen molar-refractivity contribution in [3.05, 3.63) is 35.4 Å². The molecular formula is C15H21Br. The molecule has 0 aliphatic heterocycles. The molecule has 0 amide bonds. The second-order valence-electron chi connectivity index (χ2n) is 5.93. The highest BCUT2D eigenvalue weighted by Gasteiger charge is 2.51. The van der Waals surface area contributed by atoms with Gasteiger partial charge in [-0.15, -0.1) is 0 Å². The highest BCUT2D eigenvalue weighted by atomic mass is 79.9. The van der Waals surface area contributed by atoms with Gasteiger partial charge in [0.1, 0.15) is 0 Å². The third kappa shape index (κ3) is 1.64. The molecule has 0 unspecified atom stereocenters. The number of benzene rings is 1. The van der Waals surface area contributed by atoms with E-state index in [1.807, 2.05) is 0 Å². The van der Waals surface area contributed by atoms with E-state index in [0.29, 0.717) is 15.7 Å². The first kappa shape index (κ1) is 12.2. The first-order chi connectivity index (χ1) is 7.38. The van der Waals surface area contributed by atoms with Crippen LogP contribution in [-0.2, 0) is 5.41 Å². The topological polar surface area (TPSA) is 0 Å². The number of halogens is 1. The van der Waals surface area contributed by atoms with Crippen molar-refractivity contribution in [1.29, 1.82) is 0 Å². The molecule has 1 aromatic carbocycles. The summed E-state index contributed by atoms with van der Waals surface area (Å²) in [5.41, 5.74) is 3.46. The van der Waals surface area contributed by atoms with Gasteiger partial charge < -0.3 is 0 Å². The first-order valence-corrected chi connectivity index (χ1v) is 7.01. The fourth-order valence-corrected chi connectivity index (χ4v) is 3.62. The summed E-state index contributed by atoms with van der Waals surface area (Å²) in [6.07, 6.45) is 2.55. The molecule has 88 valence electrons. The highest BCUT2D eigenvalue weighted by Crippen LogP contribution is 2.56. The van der Waals surface area contributed by atoms with Crippen molar-refractivity contribution in [2.45, 2.75) is 50.8 Å². The van der Waals surface area contributed by atoms with Crippen LogP contribution in [0.25, 0.3) is 0 Å². The zero-order valence-electron chi connectivity index (χ0n) is 10.7. The Hall–Kier alpha value is -0.300. The van der Waals surface area contributed by atoms with E-state index in [2.05, 4.69) is 67.9 Å². The summed E-state index contributed by atoms with van der Waals surface area (Å²) >= 11 is 3.85. The van der Waals surface area contributed by atoms with Crippen molar-refractivity contribution < 1.29 is 0 Å². The van der Waals surface area contributed by atoms with Gasteiger partial charge in [-0.25, -0.2) is 0 Å². The largest absolute Gasteiger partial charge is 0.0885 e. The van der Waals surface area contributed by atoms with Crippen molar-refractivity contribution in [2.24, 2.45) is 5.41 Å². The van der Waals surface area contributed by atoms with Gasteiger partial charge in [0.2, 0.25) is 0 Å². The zero-order chi connectivity index (χ0) is 12.0. The fourth-order valence-electron chi connectivity index (χ4n) is 2.88. The monoisotopic (exact) mass is 280 g/mol. The summed E-state index contributed by atoms with van der Waals surface area (Å²) < 4.78 is 0. The Bertz CT molecular complexity index is 377. The van der Waals surface area contributed by atoms with E-state index in [-0.39, 0.29) is 0 Å². The van der Waals surface area contributed by atoms with Gasteiger partial charge in [0.15, 0.2) is 0 Å². The van der Waals surface area contributed by atoms with Crippen LogP contribution in [0.4, 0.5) is 0 Å². The first-order valence-electron chi connectivity index (χ1n) is 6.09. The molecule has 0 nitrogen and oxygen atoms in total. The molecule has 0 aromatic heterocycles. The van der Waals surface area contributed by atoms with E-state index in [4.69, 9.17) is 0 Å². The molecule has 2 rings (SSSR count). The minimum absolute atomic E-state index is 0.300. The molecule has 1 saturated carbocycles. The molecule has 0 spiro atoms. The second kappa shape index (κ2) is 3.87. The third-order valence-electron chi connectivity index (χ3n) is 4.79. The normalized spacial score (nSPS) is 32.9. The van der Waals surface area contributed by atoms with E-state index in [0.717, 1.165) is 0 Å². The van der Waals surface area contributed by atoms with Crippen molar-refractivity contribution >= 4 is 15.9 Å². The Balaban J connectivity index is 2.43. The highest BCUT2D eigenvalue weighted by molar-refractivity contribution is 9.09. The lowest BCUT2D eigenvalue weighted by atomic mass is 9.65. The van der Waals surface area contributed by atoms with Crippen LogP contribution in [0.5, 0.6) is 0 Å². The lowest BCUT2D eigenvalue weighted by molar-refractivity contribution is 0.233. The summed E-state index contributed by atoms with van der Waals surface area (Å²) in [7, 11) is 0. The minimum Gasteiger partial charge on any atom is -0.0885 e. The SMILES string of the molecule is Cc1ccc([C@]2(C)CC[C@H](Br)C2(C)C)cc1. The molecule has 16 heavy (non-hydrogen) atoms. The average Bonchev–Trinajstić information content (AvgIpc) is 2.44. The second-order valence-corrected chi connectivity index (χ2v) is 7.03. The molecule has 0 bridgehead atoms. The Morgan fingerprint density at radius 3 is 2.12 bits per heavy atom. The van der Waals surface area contributed by atoms with E-state index in [1.165, 1.54) is 24.0 Å². The molecule has 1 aromatic rings. The van der Waals surface area contributed by atoms with Crippen LogP contribution in [0.15, 0.2) is 24.3 Å². The van der Waals surface area contributed by atoms with Gasteiger partial charge in [-0.1, -0.05) is 66.5 Å². The molecule has 0 N–H and O–H groups in total. The zero-order valence-corrected chi connectivity index (χ0v) is 12.3. The number of rotatable bonds is 1. The third-order valence-corrected chi connectivity index (χ3v) is 6.39. The summed E-state index contributed by atoms with van der Waals surface area (Å²) in [6, 6.07) is 9.08. The maximum absolute atomic E-state index is 3.85. The Kier molecular flexibility index (Phi) is 2.94. The average molecular weight is 281 g/mol. The Morgan fingerprint density at radius 1 is 1.12 bits per heavy atom. The van der Waals surface area contributed by atoms with Crippen molar-refractivity contribution in [3.63, 3.8) is 0 Å². The Labute approximate surface area is 108 Å². The van der Waals surface area contributed by atoms with Gasteiger partial charge in [0, 0.05) is 4.83 Å². The molecule has 1 aliphatic rings. The molecule has 2 atom stereocenters. The van der Waals surface area contributed by atoms with E-state index in [1.54, 1.807) is 0 Å². The number of aryl methyl sites for hydroxylation is 1. The quantitative estimate of drug-likeness (QED) is 0.646. The molecule has 1 heteroatoms. The van der Waals surface area contributed by atoms with E-state index < -0.39 is 0 Å². The van der Waals surface area contributed by atoms with Gasteiger partial charge in [0.05, 0.1) is 0 Å². The molecule has 0 saturated heterocycles. The number of alkyl halides is 1. The summed E-state index contributed by atoms with van der Waals surface area (Å²) in [5, 5.41) is 0. The van der Waals surface area contributed by atoms with Gasteiger partial charge in [-0.05, 0) is 36.2 Å². The molecule has 1 fully saturated rings. The van der Waals surface area contributed by atoms with Crippen LogP contribution < -0.4 is 0 Å². The standard InChI is InChI=1S/C15H21Br/c1-11-5-7-12(8-6-11)15(4)10-9-13(16)14(15,2)3/h5-8,13H,9-10H2,1-4H3/t13-,15-/m0/s1. The molecule has 0 heterocycles. The predicted octanol–water partition coefficient (Wildman–Crippen LogP) is 4.84. The van der Waals surface area contributed by atoms with Gasteiger partial charge in [-0.3, -0.25) is 0 Å². The van der Waals surface area contributed by atoms with Crippen LogP contribution >= 0.6 is 15.9 Å². The van der Waals surface area contributed by atoms with Crippen LogP contribution in [0.3, 0.4) is 0 Å². The van der Waals surface area contributed by atoms with Crippen molar-refractivity contribution in [2.75, 3.05) is 0 Å². The van der Waals surface area contributed by atoms with Gasteiger partial charge >= 0.3 is 0 Å². The van der Waals surface area contributed by atoms with Gasteiger partial charge in [0.25, 0.3) is 0 Å². The smallest absolute Gasteiger partial charge is 0.0205 e. The molecule has 1 aliphatic carbocycles. The van der Waals surface area contributed by atoms with Crippen LogP contribution in [0.2, 0.25) is 0 Å². The Morgan fingerprint density at radius 2 is 1.69 bits per heavy atom. The van der Waals surface area contributed by atoms with E-state index >= 15 is 0 Å². The molecular weight excluding hydrogens is 260 g/mol. The number of hydrogen-bond donors (Lipinski definition) is 0. The summed E-state index contributed by atoms with van der Waals surface area (Å²) in [4.78, 5) is 0.631. The van der Waals surface area contributed by atoms with Crippen molar-refractivity contribution in [1.82, 2.24) is 0 Å². The predicted molar refractivity (Wildman–Crippen MR) is 74.3 cm³/mol. The van der Waals surface area contributed by atoms with Crippen LogP contribution in [0.1, 0.15) is 44.7 Å². The fraction of sp³-hybridized carbons (Fsp3) is 0.600. The van der Waals surface area contributed by atoms with Crippen LogP contribution in [0, 0.1) is 12.3 Å². The maximum atomic E-state index is 3.85. The lowest BCUT2D eigenvalue weighted by Gasteiger charge is -2.41. The van der Waals surface area contributed by atoms with Crippen molar-refractivity contribution in [3.8, 4) is 0 Å². The van der Waals surface area contributed by atoms with Crippen LogP contribution in [-0.4, -0.2) is 4.83 Å². The summed E-state index contributed by atoms with van der Waals surface area (Å²) in [5.74, 6) is 0. The lowest BCUT2D eigenvalue weighted by Crippen LogP contribution is -2.38.